The molecule has 0 saturated carbocycles. The summed E-state index contributed by atoms with van der Waals surface area (Å²) >= 11 is 3.26. The van der Waals surface area contributed by atoms with Gasteiger partial charge in [-0.3, -0.25) is 4.79 Å². The highest BCUT2D eigenvalue weighted by molar-refractivity contribution is 9.10. The van der Waals surface area contributed by atoms with E-state index in [0.29, 0.717) is 22.1 Å². The van der Waals surface area contributed by atoms with Crippen molar-refractivity contribution in [2.45, 2.75) is 0 Å². The first-order valence-corrected chi connectivity index (χ1v) is 4.47. The summed E-state index contributed by atoms with van der Waals surface area (Å²) in [7, 11) is 0. The fourth-order valence-corrected chi connectivity index (χ4v) is 1.50. The van der Waals surface area contributed by atoms with Crippen LogP contribution in [-0.4, -0.2) is 16.3 Å². The Morgan fingerprint density at radius 1 is 1.46 bits per heavy atom. The average molecular weight is 237 g/mol. The molecule has 2 aromatic rings. The van der Waals surface area contributed by atoms with Crippen LogP contribution in [0.25, 0.3) is 11.0 Å². The number of fused-ring (bicyclic) bond motifs is 1. The number of hydrogen-bond donors (Lipinski definition) is 0. The van der Waals surface area contributed by atoms with E-state index in [1.54, 1.807) is 6.20 Å². The van der Waals surface area contributed by atoms with Gasteiger partial charge in [-0.1, -0.05) is 0 Å². The van der Waals surface area contributed by atoms with E-state index in [1.807, 2.05) is 18.2 Å². The van der Waals surface area contributed by atoms with E-state index in [-0.39, 0.29) is 0 Å². The normalized spacial score (nSPS) is 10.2. The zero-order chi connectivity index (χ0) is 9.26. The lowest BCUT2D eigenvalue weighted by Gasteiger charge is -1.98. The molecule has 2 rings (SSSR count). The molecule has 0 radical (unpaired) electrons. The van der Waals surface area contributed by atoms with Gasteiger partial charge in [0, 0.05) is 16.1 Å². The summed E-state index contributed by atoms with van der Waals surface area (Å²) in [4.78, 5) is 18.7. The third-order valence-corrected chi connectivity index (χ3v) is 2.32. The number of rotatable bonds is 1. The van der Waals surface area contributed by atoms with Crippen molar-refractivity contribution in [1.29, 1.82) is 0 Å². The van der Waals surface area contributed by atoms with Crippen molar-refractivity contribution >= 4 is 33.2 Å². The smallest absolute Gasteiger partial charge is 0.169 e. The summed E-state index contributed by atoms with van der Waals surface area (Å²) in [5.74, 6) is 0. The van der Waals surface area contributed by atoms with Crippen LogP contribution < -0.4 is 0 Å². The van der Waals surface area contributed by atoms with Crippen molar-refractivity contribution in [3.63, 3.8) is 0 Å². The Labute approximate surface area is 82.9 Å². The third kappa shape index (κ3) is 1.45. The SMILES string of the molecule is O=Cc1nc2ncccc2cc1Br. The topological polar surface area (TPSA) is 42.9 Å². The molecule has 0 saturated heterocycles. The second kappa shape index (κ2) is 3.22. The van der Waals surface area contributed by atoms with E-state index in [0.717, 1.165) is 5.39 Å². The van der Waals surface area contributed by atoms with Crippen LogP contribution in [0.5, 0.6) is 0 Å². The van der Waals surface area contributed by atoms with Crippen LogP contribution in [0.4, 0.5) is 0 Å². The molecule has 0 unspecified atom stereocenters. The van der Waals surface area contributed by atoms with E-state index in [9.17, 15) is 4.79 Å². The van der Waals surface area contributed by atoms with Gasteiger partial charge in [-0.15, -0.1) is 0 Å². The van der Waals surface area contributed by atoms with Crippen molar-refractivity contribution in [3.8, 4) is 0 Å². The zero-order valence-corrected chi connectivity index (χ0v) is 8.15. The quantitative estimate of drug-likeness (QED) is 0.714. The summed E-state index contributed by atoms with van der Waals surface area (Å²) in [6.07, 6.45) is 2.36. The highest BCUT2D eigenvalue weighted by Crippen LogP contribution is 2.18. The van der Waals surface area contributed by atoms with Crippen molar-refractivity contribution in [2.75, 3.05) is 0 Å². The largest absolute Gasteiger partial charge is 0.296 e. The van der Waals surface area contributed by atoms with Crippen LogP contribution in [0.2, 0.25) is 0 Å². The molecule has 3 nitrogen and oxygen atoms in total. The second-order valence-corrected chi connectivity index (χ2v) is 3.38. The molecule has 2 heterocycles. The third-order valence-electron chi connectivity index (χ3n) is 1.68. The number of pyridine rings is 2. The Morgan fingerprint density at radius 2 is 2.31 bits per heavy atom. The lowest BCUT2D eigenvalue weighted by molar-refractivity contribution is 0.111. The van der Waals surface area contributed by atoms with Crippen molar-refractivity contribution in [3.05, 3.63) is 34.6 Å². The van der Waals surface area contributed by atoms with Crippen LogP contribution in [0.1, 0.15) is 10.5 Å². The summed E-state index contributed by atoms with van der Waals surface area (Å²) in [6.45, 7) is 0. The highest BCUT2D eigenvalue weighted by Gasteiger charge is 2.02. The Balaban J connectivity index is 2.81. The van der Waals surface area contributed by atoms with Gasteiger partial charge in [-0.05, 0) is 34.1 Å². The molecule has 13 heavy (non-hydrogen) atoms. The number of aldehydes is 1. The second-order valence-electron chi connectivity index (χ2n) is 2.52. The van der Waals surface area contributed by atoms with Crippen molar-refractivity contribution in [2.24, 2.45) is 0 Å². The number of nitrogens with zero attached hydrogens (tertiary/aromatic N) is 2. The van der Waals surface area contributed by atoms with Gasteiger partial charge in [0.1, 0.15) is 5.69 Å². The Kier molecular flexibility index (Phi) is 2.06. The molecule has 64 valence electrons. The maximum absolute atomic E-state index is 10.6. The first-order chi connectivity index (χ1) is 6.31. The van der Waals surface area contributed by atoms with E-state index < -0.39 is 0 Å². The minimum Gasteiger partial charge on any atom is -0.296 e. The monoisotopic (exact) mass is 236 g/mol. The van der Waals surface area contributed by atoms with E-state index in [2.05, 4.69) is 25.9 Å². The minimum absolute atomic E-state index is 0.381. The number of aromatic nitrogens is 2. The predicted octanol–water partition coefficient (Wildman–Crippen LogP) is 2.20. The molecule has 0 amide bonds. The van der Waals surface area contributed by atoms with Gasteiger partial charge in [-0.25, -0.2) is 9.97 Å². The predicted molar refractivity (Wildman–Crippen MR) is 52.6 cm³/mol. The molecule has 0 fully saturated rings. The first kappa shape index (κ1) is 8.31. The molecule has 0 atom stereocenters. The molecular weight excluding hydrogens is 232 g/mol. The number of carbonyl (C=O) groups excluding carboxylic acids is 1. The van der Waals surface area contributed by atoms with Gasteiger partial charge in [-0.2, -0.15) is 0 Å². The molecule has 0 bridgehead atoms. The number of carbonyl (C=O) groups is 1. The molecular formula is C9H5BrN2O. The van der Waals surface area contributed by atoms with Gasteiger partial charge < -0.3 is 0 Å². The van der Waals surface area contributed by atoms with Gasteiger partial charge >= 0.3 is 0 Å². The number of hydrogen-bond acceptors (Lipinski definition) is 3. The molecule has 0 aliphatic heterocycles. The van der Waals surface area contributed by atoms with Gasteiger partial charge in [0.05, 0.1) is 0 Å². The fourth-order valence-electron chi connectivity index (χ4n) is 1.08. The highest BCUT2D eigenvalue weighted by atomic mass is 79.9. The van der Waals surface area contributed by atoms with Gasteiger partial charge in [0.15, 0.2) is 11.9 Å². The molecule has 0 aromatic carbocycles. The van der Waals surface area contributed by atoms with E-state index >= 15 is 0 Å². The lowest BCUT2D eigenvalue weighted by Crippen LogP contribution is -1.91. The average Bonchev–Trinajstić information content (AvgIpc) is 2.17. The van der Waals surface area contributed by atoms with Gasteiger partial charge in [0.2, 0.25) is 0 Å². The summed E-state index contributed by atoms with van der Waals surface area (Å²) in [6, 6.07) is 5.56. The standard InChI is InChI=1S/C9H5BrN2O/c10-7-4-6-2-1-3-11-9(6)12-8(7)5-13/h1-5H. The Morgan fingerprint density at radius 3 is 3.08 bits per heavy atom. The van der Waals surface area contributed by atoms with Crippen LogP contribution >= 0.6 is 15.9 Å². The molecule has 0 spiro atoms. The van der Waals surface area contributed by atoms with Crippen molar-refractivity contribution in [1.82, 2.24) is 9.97 Å². The Bertz CT molecular complexity index is 470. The summed E-state index contributed by atoms with van der Waals surface area (Å²) in [5, 5.41) is 0.917. The minimum atomic E-state index is 0.381. The van der Waals surface area contributed by atoms with Crippen LogP contribution in [0.3, 0.4) is 0 Å². The van der Waals surface area contributed by atoms with Gasteiger partial charge in [0.25, 0.3) is 0 Å². The maximum atomic E-state index is 10.6. The van der Waals surface area contributed by atoms with Crippen LogP contribution in [0.15, 0.2) is 28.9 Å². The molecule has 0 aliphatic carbocycles. The van der Waals surface area contributed by atoms with Crippen LogP contribution in [-0.2, 0) is 0 Å². The summed E-state index contributed by atoms with van der Waals surface area (Å²) in [5.41, 5.74) is 0.971. The molecule has 4 heteroatoms. The number of halogens is 1. The first-order valence-electron chi connectivity index (χ1n) is 3.68. The Hall–Kier alpha value is -1.29. The molecule has 2 aromatic heterocycles. The van der Waals surface area contributed by atoms with E-state index in [4.69, 9.17) is 0 Å². The lowest BCUT2D eigenvalue weighted by atomic mass is 10.2. The van der Waals surface area contributed by atoms with Crippen molar-refractivity contribution < 1.29 is 4.79 Å². The molecule has 0 aliphatic rings. The van der Waals surface area contributed by atoms with E-state index in [1.165, 1.54) is 0 Å². The molecule has 0 N–H and O–H groups in total. The maximum Gasteiger partial charge on any atom is 0.169 e. The summed E-state index contributed by atoms with van der Waals surface area (Å²) < 4.78 is 0.697. The zero-order valence-electron chi connectivity index (χ0n) is 6.57. The van der Waals surface area contributed by atoms with Crippen LogP contribution in [0, 0.1) is 0 Å². The fraction of sp³-hybridized carbons (Fsp3) is 0.